The molecule has 0 spiro atoms. The van der Waals surface area contributed by atoms with Crippen molar-refractivity contribution in [3.8, 4) is 0 Å². The Labute approximate surface area is 124 Å². The molecular formula is C16H33N3O. The molecule has 4 heteroatoms. The van der Waals surface area contributed by atoms with Crippen LogP contribution in [0.4, 0.5) is 0 Å². The molecule has 20 heavy (non-hydrogen) atoms. The van der Waals surface area contributed by atoms with Crippen molar-refractivity contribution in [3.63, 3.8) is 0 Å². The first-order chi connectivity index (χ1) is 9.57. The van der Waals surface area contributed by atoms with Crippen molar-refractivity contribution < 1.29 is 4.79 Å². The molecule has 0 aromatic carbocycles. The molecule has 1 aliphatic heterocycles. The van der Waals surface area contributed by atoms with Gasteiger partial charge in [0.2, 0.25) is 5.91 Å². The molecule has 1 aliphatic rings. The summed E-state index contributed by atoms with van der Waals surface area (Å²) in [6, 6.07) is 0.220. The Morgan fingerprint density at radius 3 is 2.55 bits per heavy atom. The smallest absolute Gasteiger partial charge is 0.227 e. The Hall–Kier alpha value is -0.610. The van der Waals surface area contributed by atoms with Crippen LogP contribution in [0.3, 0.4) is 0 Å². The first kappa shape index (κ1) is 17.4. The zero-order chi connectivity index (χ0) is 15.0. The number of nitrogens with one attached hydrogen (secondary N) is 2. The fraction of sp³-hybridized carbons (Fsp3) is 0.938. The molecule has 1 rings (SSSR count). The molecule has 1 heterocycles. The summed E-state index contributed by atoms with van der Waals surface area (Å²) >= 11 is 0. The average molecular weight is 283 g/mol. The maximum atomic E-state index is 12.7. The van der Waals surface area contributed by atoms with Gasteiger partial charge in [0.15, 0.2) is 0 Å². The van der Waals surface area contributed by atoms with E-state index in [1.165, 1.54) is 0 Å². The summed E-state index contributed by atoms with van der Waals surface area (Å²) in [4.78, 5) is 15.1. The van der Waals surface area contributed by atoms with E-state index in [0.717, 1.165) is 58.4 Å². The van der Waals surface area contributed by atoms with Crippen LogP contribution >= 0.6 is 0 Å². The van der Waals surface area contributed by atoms with Gasteiger partial charge in [0, 0.05) is 19.1 Å². The van der Waals surface area contributed by atoms with Crippen LogP contribution in [-0.2, 0) is 4.79 Å². The highest BCUT2D eigenvalue weighted by atomic mass is 16.2. The van der Waals surface area contributed by atoms with Crippen LogP contribution < -0.4 is 10.6 Å². The van der Waals surface area contributed by atoms with Crippen LogP contribution in [0, 0.1) is 5.41 Å². The van der Waals surface area contributed by atoms with Crippen molar-refractivity contribution in [1.29, 1.82) is 0 Å². The van der Waals surface area contributed by atoms with Gasteiger partial charge in [-0.05, 0) is 45.8 Å². The SMILES string of the molecule is CCCC1(C(=O)NC(C)CN(CC)CC)CCCNC1. The summed E-state index contributed by atoms with van der Waals surface area (Å²) in [7, 11) is 0. The molecule has 0 aromatic heterocycles. The van der Waals surface area contributed by atoms with Crippen LogP contribution in [0.5, 0.6) is 0 Å². The van der Waals surface area contributed by atoms with E-state index in [0.29, 0.717) is 0 Å². The fourth-order valence-corrected chi connectivity index (χ4v) is 3.26. The largest absolute Gasteiger partial charge is 0.352 e. The summed E-state index contributed by atoms with van der Waals surface area (Å²) < 4.78 is 0. The third-order valence-corrected chi connectivity index (χ3v) is 4.49. The lowest BCUT2D eigenvalue weighted by Crippen LogP contribution is -2.53. The number of rotatable bonds is 8. The molecule has 0 radical (unpaired) electrons. The molecule has 0 bridgehead atoms. The van der Waals surface area contributed by atoms with E-state index in [4.69, 9.17) is 0 Å². The predicted octanol–water partition coefficient (Wildman–Crippen LogP) is 2.00. The number of hydrogen-bond donors (Lipinski definition) is 2. The van der Waals surface area contributed by atoms with Crippen molar-refractivity contribution in [1.82, 2.24) is 15.5 Å². The van der Waals surface area contributed by atoms with Gasteiger partial charge in [-0.1, -0.05) is 27.2 Å². The molecule has 0 aliphatic carbocycles. The third-order valence-electron chi connectivity index (χ3n) is 4.49. The molecule has 118 valence electrons. The molecule has 4 nitrogen and oxygen atoms in total. The number of carbonyl (C=O) groups excluding carboxylic acids is 1. The minimum atomic E-state index is -0.176. The third kappa shape index (κ3) is 4.74. The molecular weight excluding hydrogens is 250 g/mol. The van der Waals surface area contributed by atoms with Gasteiger partial charge in [0.05, 0.1) is 5.41 Å². The second kappa shape index (κ2) is 8.63. The Kier molecular flexibility index (Phi) is 7.52. The maximum absolute atomic E-state index is 12.7. The van der Waals surface area contributed by atoms with Crippen LogP contribution in [0.15, 0.2) is 0 Å². The highest BCUT2D eigenvalue weighted by Gasteiger charge is 2.38. The van der Waals surface area contributed by atoms with E-state index in [-0.39, 0.29) is 17.4 Å². The summed E-state index contributed by atoms with van der Waals surface area (Å²) in [5.74, 6) is 0.256. The van der Waals surface area contributed by atoms with Gasteiger partial charge in [-0.25, -0.2) is 0 Å². The van der Waals surface area contributed by atoms with E-state index in [2.05, 4.69) is 43.2 Å². The standard InChI is InChI=1S/C16H33N3O/c1-5-9-16(10-8-11-17-13-16)15(20)18-14(4)12-19(6-2)7-3/h14,17H,5-13H2,1-4H3,(H,18,20). The normalized spacial score (nSPS) is 24.6. The molecule has 2 unspecified atom stereocenters. The predicted molar refractivity (Wildman–Crippen MR) is 84.8 cm³/mol. The number of piperidine rings is 1. The van der Waals surface area contributed by atoms with Gasteiger partial charge in [-0.3, -0.25) is 4.79 Å². The lowest BCUT2D eigenvalue weighted by Gasteiger charge is -2.37. The van der Waals surface area contributed by atoms with Crippen LogP contribution in [-0.4, -0.2) is 49.6 Å². The summed E-state index contributed by atoms with van der Waals surface area (Å²) in [5, 5.41) is 6.66. The zero-order valence-electron chi connectivity index (χ0n) is 13.8. The lowest BCUT2D eigenvalue weighted by atomic mass is 9.76. The van der Waals surface area contributed by atoms with Gasteiger partial charge in [-0.2, -0.15) is 0 Å². The molecule has 0 saturated carbocycles. The van der Waals surface area contributed by atoms with Crippen molar-refractivity contribution in [3.05, 3.63) is 0 Å². The number of carbonyl (C=O) groups is 1. The van der Waals surface area contributed by atoms with E-state index in [1.54, 1.807) is 0 Å². The second-order valence-corrected chi connectivity index (χ2v) is 6.17. The van der Waals surface area contributed by atoms with E-state index < -0.39 is 0 Å². The van der Waals surface area contributed by atoms with Crippen LogP contribution in [0.1, 0.15) is 53.4 Å². The van der Waals surface area contributed by atoms with E-state index in [1.807, 2.05) is 0 Å². The summed E-state index contributed by atoms with van der Waals surface area (Å²) in [6.07, 6.45) is 4.19. The van der Waals surface area contributed by atoms with Gasteiger partial charge >= 0.3 is 0 Å². The van der Waals surface area contributed by atoms with Gasteiger partial charge in [-0.15, -0.1) is 0 Å². The lowest BCUT2D eigenvalue weighted by molar-refractivity contribution is -0.133. The minimum Gasteiger partial charge on any atom is -0.352 e. The van der Waals surface area contributed by atoms with E-state index in [9.17, 15) is 4.79 Å². The van der Waals surface area contributed by atoms with Gasteiger partial charge < -0.3 is 15.5 Å². The highest BCUT2D eigenvalue weighted by Crippen LogP contribution is 2.32. The van der Waals surface area contributed by atoms with Crippen LogP contribution in [0.25, 0.3) is 0 Å². The second-order valence-electron chi connectivity index (χ2n) is 6.17. The number of likely N-dealkylation sites (N-methyl/N-ethyl adjacent to an activating group) is 1. The minimum absolute atomic E-state index is 0.176. The first-order valence-electron chi connectivity index (χ1n) is 8.32. The summed E-state index contributed by atoms with van der Waals surface area (Å²) in [5.41, 5.74) is -0.176. The number of hydrogen-bond acceptors (Lipinski definition) is 3. The zero-order valence-corrected chi connectivity index (χ0v) is 13.8. The quantitative estimate of drug-likeness (QED) is 0.716. The molecule has 2 atom stereocenters. The Morgan fingerprint density at radius 1 is 1.35 bits per heavy atom. The average Bonchev–Trinajstić information content (AvgIpc) is 2.46. The highest BCUT2D eigenvalue weighted by molar-refractivity contribution is 5.83. The Balaban J connectivity index is 2.57. The molecule has 1 amide bonds. The summed E-state index contributed by atoms with van der Waals surface area (Å²) in [6.45, 7) is 13.5. The van der Waals surface area contributed by atoms with Gasteiger partial charge in [0.25, 0.3) is 0 Å². The fourth-order valence-electron chi connectivity index (χ4n) is 3.26. The van der Waals surface area contributed by atoms with Crippen molar-refractivity contribution >= 4 is 5.91 Å². The molecule has 0 aromatic rings. The topological polar surface area (TPSA) is 44.4 Å². The Morgan fingerprint density at radius 2 is 2.05 bits per heavy atom. The van der Waals surface area contributed by atoms with Crippen molar-refractivity contribution in [2.24, 2.45) is 5.41 Å². The monoisotopic (exact) mass is 283 g/mol. The number of nitrogens with zero attached hydrogens (tertiary/aromatic N) is 1. The molecule has 1 fully saturated rings. The molecule has 1 saturated heterocycles. The van der Waals surface area contributed by atoms with Crippen molar-refractivity contribution in [2.45, 2.75) is 59.4 Å². The van der Waals surface area contributed by atoms with Crippen LogP contribution in [0.2, 0.25) is 0 Å². The maximum Gasteiger partial charge on any atom is 0.227 e. The van der Waals surface area contributed by atoms with E-state index >= 15 is 0 Å². The first-order valence-corrected chi connectivity index (χ1v) is 8.32. The molecule has 2 N–H and O–H groups in total. The number of amides is 1. The Bertz CT molecular complexity index is 278. The van der Waals surface area contributed by atoms with Gasteiger partial charge in [0.1, 0.15) is 0 Å². The van der Waals surface area contributed by atoms with Crippen molar-refractivity contribution in [2.75, 3.05) is 32.7 Å².